The standard InChI is InChI=1S/C12H17N3O/c1-2-11(16)5-6-15-10-4-3-9(8-13)12(14)7-10/h3-4,7,11,15-16H,2,5-6,14H2,1H3. The number of aliphatic hydroxyl groups excluding tert-OH is 1. The van der Waals surface area contributed by atoms with Crippen LogP contribution in [0.15, 0.2) is 18.2 Å². The molecule has 16 heavy (non-hydrogen) atoms. The maximum Gasteiger partial charge on any atom is 0.101 e. The fourth-order valence-electron chi connectivity index (χ4n) is 1.36. The summed E-state index contributed by atoms with van der Waals surface area (Å²) in [6, 6.07) is 7.25. The van der Waals surface area contributed by atoms with E-state index in [2.05, 4.69) is 5.32 Å². The van der Waals surface area contributed by atoms with Gasteiger partial charge in [0.15, 0.2) is 0 Å². The smallest absolute Gasteiger partial charge is 0.101 e. The fraction of sp³-hybridized carbons (Fsp3) is 0.417. The lowest BCUT2D eigenvalue weighted by Gasteiger charge is -2.10. The second-order valence-corrected chi connectivity index (χ2v) is 3.69. The van der Waals surface area contributed by atoms with E-state index in [1.54, 1.807) is 12.1 Å². The van der Waals surface area contributed by atoms with E-state index in [-0.39, 0.29) is 6.10 Å². The van der Waals surface area contributed by atoms with Gasteiger partial charge in [-0.05, 0) is 31.0 Å². The summed E-state index contributed by atoms with van der Waals surface area (Å²) in [4.78, 5) is 0. The quantitative estimate of drug-likeness (QED) is 0.658. The Kier molecular flexibility index (Phi) is 4.62. The zero-order valence-corrected chi connectivity index (χ0v) is 9.40. The Bertz CT molecular complexity index is 384. The van der Waals surface area contributed by atoms with E-state index in [0.29, 0.717) is 24.2 Å². The highest BCUT2D eigenvalue weighted by atomic mass is 16.3. The molecule has 0 aliphatic carbocycles. The van der Waals surface area contributed by atoms with Gasteiger partial charge in [-0.25, -0.2) is 0 Å². The van der Waals surface area contributed by atoms with E-state index in [4.69, 9.17) is 11.0 Å². The van der Waals surface area contributed by atoms with Gasteiger partial charge in [-0.2, -0.15) is 5.26 Å². The molecule has 1 unspecified atom stereocenters. The number of hydrogen-bond donors (Lipinski definition) is 3. The highest BCUT2D eigenvalue weighted by Crippen LogP contribution is 2.17. The highest BCUT2D eigenvalue weighted by molar-refractivity contribution is 5.62. The number of nitrogens with one attached hydrogen (secondary N) is 1. The van der Waals surface area contributed by atoms with E-state index < -0.39 is 0 Å². The molecule has 0 aliphatic heterocycles. The molecule has 0 radical (unpaired) electrons. The summed E-state index contributed by atoms with van der Waals surface area (Å²) in [5.41, 5.74) is 7.51. The third kappa shape index (κ3) is 3.44. The largest absolute Gasteiger partial charge is 0.398 e. The van der Waals surface area contributed by atoms with Gasteiger partial charge in [0, 0.05) is 12.2 Å². The molecular formula is C12H17N3O. The van der Waals surface area contributed by atoms with Crippen LogP contribution in [0.4, 0.5) is 11.4 Å². The fourth-order valence-corrected chi connectivity index (χ4v) is 1.36. The Hall–Kier alpha value is -1.73. The average molecular weight is 219 g/mol. The number of nitrogen functional groups attached to an aromatic ring is 1. The molecular weight excluding hydrogens is 202 g/mol. The van der Waals surface area contributed by atoms with Crippen LogP contribution in [-0.2, 0) is 0 Å². The number of nitrogens with two attached hydrogens (primary N) is 1. The minimum atomic E-state index is -0.261. The summed E-state index contributed by atoms with van der Waals surface area (Å²) >= 11 is 0. The number of nitriles is 1. The lowest BCUT2D eigenvalue weighted by molar-refractivity contribution is 0.164. The molecule has 0 saturated carbocycles. The average Bonchev–Trinajstić information content (AvgIpc) is 2.29. The Balaban J connectivity index is 2.50. The van der Waals surface area contributed by atoms with Crippen molar-refractivity contribution in [2.75, 3.05) is 17.6 Å². The third-order valence-electron chi connectivity index (χ3n) is 2.45. The van der Waals surface area contributed by atoms with Crippen molar-refractivity contribution in [3.8, 4) is 6.07 Å². The number of rotatable bonds is 5. The van der Waals surface area contributed by atoms with Crippen LogP contribution in [0.2, 0.25) is 0 Å². The Labute approximate surface area is 95.7 Å². The molecule has 4 heteroatoms. The van der Waals surface area contributed by atoms with Gasteiger partial charge in [-0.15, -0.1) is 0 Å². The van der Waals surface area contributed by atoms with Crippen LogP contribution in [0.1, 0.15) is 25.3 Å². The second-order valence-electron chi connectivity index (χ2n) is 3.69. The topological polar surface area (TPSA) is 82.1 Å². The summed E-state index contributed by atoms with van der Waals surface area (Å²) in [5.74, 6) is 0. The summed E-state index contributed by atoms with van der Waals surface area (Å²) in [6.45, 7) is 2.64. The van der Waals surface area contributed by atoms with Crippen LogP contribution >= 0.6 is 0 Å². The van der Waals surface area contributed by atoms with Gasteiger partial charge in [-0.3, -0.25) is 0 Å². The predicted molar refractivity (Wildman–Crippen MR) is 65.0 cm³/mol. The van der Waals surface area contributed by atoms with Crippen molar-refractivity contribution in [2.24, 2.45) is 0 Å². The Morgan fingerprint density at radius 2 is 2.31 bits per heavy atom. The van der Waals surface area contributed by atoms with Crippen LogP contribution in [0.25, 0.3) is 0 Å². The number of anilines is 2. The molecule has 1 rings (SSSR count). The first-order valence-corrected chi connectivity index (χ1v) is 5.39. The summed E-state index contributed by atoms with van der Waals surface area (Å²) in [6.07, 6.45) is 1.20. The van der Waals surface area contributed by atoms with Crippen LogP contribution in [0.3, 0.4) is 0 Å². The van der Waals surface area contributed by atoms with Crippen molar-refractivity contribution in [1.29, 1.82) is 5.26 Å². The maximum atomic E-state index is 9.36. The van der Waals surface area contributed by atoms with Crippen LogP contribution in [-0.4, -0.2) is 17.8 Å². The van der Waals surface area contributed by atoms with Crippen molar-refractivity contribution in [3.05, 3.63) is 23.8 Å². The molecule has 0 amide bonds. The molecule has 0 heterocycles. The van der Waals surface area contributed by atoms with E-state index >= 15 is 0 Å². The molecule has 4 nitrogen and oxygen atoms in total. The Morgan fingerprint density at radius 1 is 1.56 bits per heavy atom. The molecule has 0 aromatic heterocycles. The summed E-state index contributed by atoms with van der Waals surface area (Å²) in [7, 11) is 0. The molecule has 0 spiro atoms. The van der Waals surface area contributed by atoms with Crippen LogP contribution < -0.4 is 11.1 Å². The SMILES string of the molecule is CCC(O)CCNc1ccc(C#N)c(N)c1. The van der Waals surface area contributed by atoms with E-state index in [9.17, 15) is 5.11 Å². The minimum absolute atomic E-state index is 0.261. The van der Waals surface area contributed by atoms with Crippen LogP contribution in [0.5, 0.6) is 0 Å². The van der Waals surface area contributed by atoms with Crippen molar-refractivity contribution in [3.63, 3.8) is 0 Å². The lowest BCUT2D eigenvalue weighted by Crippen LogP contribution is -2.12. The van der Waals surface area contributed by atoms with Crippen molar-refractivity contribution < 1.29 is 5.11 Å². The van der Waals surface area contributed by atoms with E-state index in [1.807, 2.05) is 19.1 Å². The van der Waals surface area contributed by atoms with Crippen molar-refractivity contribution in [2.45, 2.75) is 25.9 Å². The van der Waals surface area contributed by atoms with Crippen molar-refractivity contribution >= 4 is 11.4 Å². The van der Waals surface area contributed by atoms with Gasteiger partial charge in [0.2, 0.25) is 0 Å². The van der Waals surface area contributed by atoms with Gasteiger partial charge in [-0.1, -0.05) is 6.92 Å². The normalized spacial score (nSPS) is 11.8. The zero-order chi connectivity index (χ0) is 12.0. The number of benzene rings is 1. The molecule has 1 atom stereocenters. The first kappa shape index (κ1) is 12.3. The summed E-state index contributed by atoms with van der Waals surface area (Å²) < 4.78 is 0. The zero-order valence-electron chi connectivity index (χ0n) is 9.40. The van der Waals surface area contributed by atoms with E-state index in [0.717, 1.165) is 12.1 Å². The molecule has 1 aromatic carbocycles. The number of hydrogen-bond acceptors (Lipinski definition) is 4. The second kappa shape index (κ2) is 5.99. The third-order valence-corrected chi connectivity index (χ3v) is 2.45. The highest BCUT2D eigenvalue weighted by Gasteiger charge is 2.02. The van der Waals surface area contributed by atoms with Gasteiger partial charge < -0.3 is 16.2 Å². The first-order valence-electron chi connectivity index (χ1n) is 5.39. The molecule has 0 aliphatic rings. The van der Waals surface area contributed by atoms with Gasteiger partial charge >= 0.3 is 0 Å². The molecule has 1 aromatic rings. The Morgan fingerprint density at radius 3 is 2.88 bits per heavy atom. The predicted octanol–water partition coefficient (Wildman–Crippen LogP) is 1.71. The summed E-state index contributed by atoms with van der Waals surface area (Å²) in [5, 5.41) is 21.2. The molecule has 86 valence electrons. The molecule has 0 fully saturated rings. The number of aliphatic hydroxyl groups is 1. The van der Waals surface area contributed by atoms with Gasteiger partial charge in [0.25, 0.3) is 0 Å². The van der Waals surface area contributed by atoms with Gasteiger partial charge in [0.05, 0.1) is 17.4 Å². The van der Waals surface area contributed by atoms with Gasteiger partial charge in [0.1, 0.15) is 6.07 Å². The van der Waals surface area contributed by atoms with E-state index in [1.165, 1.54) is 0 Å². The lowest BCUT2D eigenvalue weighted by atomic mass is 10.1. The number of nitrogens with zero attached hydrogens (tertiary/aromatic N) is 1. The monoisotopic (exact) mass is 219 g/mol. The molecule has 0 bridgehead atoms. The van der Waals surface area contributed by atoms with Crippen molar-refractivity contribution in [1.82, 2.24) is 0 Å². The first-order chi connectivity index (χ1) is 7.67. The molecule has 4 N–H and O–H groups in total. The minimum Gasteiger partial charge on any atom is -0.398 e. The molecule has 0 saturated heterocycles. The maximum absolute atomic E-state index is 9.36. The van der Waals surface area contributed by atoms with Crippen LogP contribution in [0, 0.1) is 11.3 Å².